The first kappa shape index (κ1) is 11.2. The van der Waals surface area contributed by atoms with Gasteiger partial charge in [0.05, 0.1) is 12.0 Å². The maximum atomic E-state index is 11.6. The normalized spacial score (nSPS) is 10.0. The first-order valence-electron chi connectivity index (χ1n) is 4.37. The molecule has 0 saturated carbocycles. The van der Waals surface area contributed by atoms with Gasteiger partial charge >= 0.3 is 0 Å². The number of allylic oxidation sites excluding steroid dienone is 2. The summed E-state index contributed by atoms with van der Waals surface area (Å²) in [5.74, 6) is 0. The number of hydrogen-bond donors (Lipinski definition) is 0. The predicted octanol–water partition coefficient (Wildman–Crippen LogP) is 2.28. The van der Waals surface area contributed by atoms with Gasteiger partial charge in [0.15, 0.2) is 0 Å². The first-order chi connectivity index (χ1) is 6.52. The van der Waals surface area contributed by atoms with Crippen LogP contribution in [-0.2, 0) is 6.54 Å². The Morgan fingerprint density at radius 3 is 2.86 bits per heavy atom. The zero-order valence-electron chi connectivity index (χ0n) is 8.54. The van der Waals surface area contributed by atoms with Crippen molar-refractivity contribution in [1.82, 2.24) is 9.55 Å². The number of rotatable bonds is 2. The van der Waals surface area contributed by atoms with E-state index in [9.17, 15) is 4.79 Å². The summed E-state index contributed by atoms with van der Waals surface area (Å²) in [5.41, 5.74) is 1.88. The Morgan fingerprint density at radius 2 is 2.29 bits per heavy atom. The van der Waals surface area contributed by atoms with E-state index >= 15 is 0 Å². The van der Waals surface area contributed by atoms with Crippen LogP contribution in [0.25, 0.3) is 0 Å². The molecule has 0 aromatic carbocycles. The van der Waals surface area contributed by atoms with E-state index in [0.29, 0.717) is 11.0 Å². The van der Waals surface area contributed by atoms with Crippen LogP contribution in [0.3, 0.4) is 0 Å². The molecule has 4 heteroatoms. The van der Waals surface area contributed by atoms with Crippen molar-refractivity contribution in [3.8, 4) is 0 Å². The summed E-state index contributed by atoms with van der Waals surface area (Å²) >= 11 is 3.22. The number of hydrogen-bond acceptors (Lipinski definition) is 2. The molecule has 1 heterocycles. The predicted molar refractivity (Wildman–Crippen MR) is 60.4 cm³/mol. The van der Waals surface area contributed by atoms with Crippen LogP contribution in [0.1, 0.15) is 19.5 Å². The third-order valence-electron chi connectivity index (χ3n) is 1.85. The lowest BCUT2D eigenvalue weighted by atomic mass is 10.3. The zero-order chi connectivity index (χ0) is 10.7. The monoisotopic (exact) mass is 256 g/mol. The van der Waals surface area contributed by atoms with Crippen molar-refractivity contribution in [2.24, 2.45) is 0 Å². The summed E-state index contributed by atoms with van der Waals surface area (Å²) in [6, 6.07) is 0. The highest BCUT2D eigenvalue weighted by atomic mass is 79.9. The third kappa shape index (κ3) is 2.54. The molecule has 1 rings (SSSR count). The molecular formula is C10H13BrN2O. The topological polar surface area (TPSA) is 34.9 Å². The molecule has 0 spiro atoms. The van der Waals surface area contributed by atoms with Gasteiger partial charge in [0.25, 0.3) is 5.56 Å². The highest BCUT2D eigenvalue weighted by Crippen LogP contribution is 2.06. The van der Waals surface area contributed by atoms with Gasteiger partial charge in [0, 0.05) is 6.54 Å². The lowest BCUT2D eigenvalue weighted by molar-refractivity contribution is 0.737. The zero-order valence-corrected chi connectivity index (χ0v) is 10.1. The Morgan fingerprint density at radius 1 is 1.64 bits per heavy atom. The minimum atomic E-state index is -0.0324. The smallest absolute Gasteiger partial charge is 0.268 e. The molecule has 0 aliphatic heterocycles. The van der Waals surface area contributed by atoms with Gasteiger partial charge in [-0.2, -0.15) is 0 Å². The maximum absolute atomic E-state index is 11.6. The van der Waals surface area contributed by atoms with E-state index in [4.69, 9.17) is 0 Å². The Kier molecular flexibility index (Phi) is 3.63. The third-order valence-corrected chi connectivity index (χ3v) is 2.77. The van der Waals surface area contributed by atoms with Crippen LogP contribution >= 0.6 is 15.9 Å². The molecule has 0 fully saturated rings. The van der Waals surface area contributed by atoms with Gasteiger partial charge in [0.2, 0.25) is 0 Å². The van der Waals surface area contributed by atoms with Crippen molar-refractivity contribution in [2.45, 2.75) is 27.3 Å². The Bertz CT molecular complexity index is 417. The van der Waals surface area contributed by atoms with Crippen LogP contribution in [0.2, 0.25) is 0 Å². The molecule has 14 heavy (non-hydrogen) atoms. The molecule has 76 valence electrons. The lowest BCUT2D eigenvalue weighted by Gasteiger charge is -2.03. The fourth-order valence-corrected chi connectivity index (χ4v) is 1.29. The Labute approximate surface area is 91.6 Å². The number of nitrogens with zero attached hydrogens (tertiary/aromatic N) is 2. The molecule has 0 aliphatic carbocycles. The van der Waals surface area contributed by atoms with E-state index in [-0.39, 0.29) is 5.56 Å². The van der Waals surface area contributed by atoms with Crippen LogP contribution < -0.4 is 5.56 Å². The molecule has 0 atom stereocenters. The van der Waals surface area contributed by atoms with Crippen LogP contribution in [0, 0.1) is 6.92 Å². The van der Waals surface area contributed by atoms with Crippen molar-refractivity contribution in [3.63, 3.8) is 0 Å². The summed E-state index contributed by atoms with van der Waals surface area (Å²) in [7, 11) is 0. The number of aryl methyl sites for hydroxylation is 1. The fourth-order valence-electron chi connectivity index (χ4n) is 0.957. The second kappa shape index (κ2) is 4.55. The highest BCUT2D eigenvalue weighted by Gasteiger charge is 2.03. The van der Waals surface area contributed by atoms with Gasteiger partial charge < -0.3 is 0 Å². The average Bonchev–Trinajstić information content (AvgIpc) is 2.13. The van der Waals surface area contributed by atoms with Crippen molar-refractivity contribution in [1.29, 1.82) is 0 Å². The number of halogens is 1. The van der Waals surface area contributed by atoms with E-state index in [1.807, 2.05) is 19.9 Å². The Hall–Kier alpha value is -0.900. The standard InChI is InChI=1S/C10H13BrN2O/c1-7(2)4-5-13-6-12-8(3)9(11)10(13)14/h4,6H,5H2,1-3H3. The lowest BCUT2D eigenvalue weighted by Crippen LogP contribution is -2.21. The SMILES string of the molecule is CC(C)=CCn1cnc(C)c(Br)c1=O. The van der Waals surface area contributed by atoms with Crippen molar-refractivity contribution in [3.05, 3.63) is 38.5 Å². The van der Waals surface area contributed by atoms with E-state index in [0.717, 1.165) is 5.69 Å². The van der Waals surface area contributed by atoms with Gasteiger partial charge in [-0.3, -0.25) is 9.36 Å². The van der Waals surface area contributed by atoms with Crippen LogP contribution in [0.4, 0.5) is 0 Å². The average molecular weight is 257 g/mol. The van der Waals surface area contributed by atoms with E-state index in [2.05, 4.69) is 20.9 Å². The molecule has 0 amide bonds. The minimum Gasteiger partial charge on any atom is -0.294 e. The minimum absolute atomic E-state index is 0.0324. The molecule has 3 nitrogen and oxygen atoms in total. The summed E-state index contributed by atoms with van der Waals surface area (Å²) < 4.78 is 2.12. The van der Waals surface area contributed by atoms with E-state index in [1.165, 1.54) is 5.57 Å². The first-order valence-corrected chi connectivity index (χ1v) is 5.16. The van der Waals surface area contributed by atoms with Crippen LogP contribution in [0.15, 0.2) is 27.2 Å². The maximum Gasteiger partial charge on any atom is 0.268 e. The largest absolute Gasteiger partial charge is 0.294 e. The molecule has 0 saturated heterocycles. The van der Waals surface area contributed by atoms with Gasteiger partial charge in [-0.1, -0.05) is 11.6 Å². The fraction of sp³-hybridized carbons (Fsp3) is 0.400. The summed E-state index contributed by atoms with van der Waals surface area (Å²) in [4.78, 5) is 15.8. The van der Waals surface area contributed by atoms with Crippen LogP contribution in [0.5, 0.6) is 0 Å². The summed E-state index contributed by atoms with van der Waals surface area (Å²) in [6.45, 7) is 6.38. The summed E-state index contributed by atoms with van der Waals surface area (Å²) in [6.07, 6.45) is 3.56. The van der Waals surface area contributed by atoms with Crippen LogP contribution in [-0.4, -0.2) is 9.55 Å². The van der Waals surface area contributed by atoms with Crippen molar-refractivity contribution < 1.29 is 0 Å². The summed E-state index contributed by atoms with van der Waals surface area (Å²) in [5, 5.41) is 0. The highest BCUT2D eigenvalue weighted by molar-refractivity contribution is 9.10. The van der Waals surface area contributed by atoms with Gasteiger partial charge in [-0.15, -0.1) is 0 Å². The molecule has 0 aliphatic rings. The molecule has 0 radical (unpaired) electrons. The van der Waals surface area contributed by atoms with Gasteiger partial charge in [-0.05, 0) is 36.7 Å². The van der Waals surface area contributed by atoms with Crippen molar-refractivity contribution in [2.75, 3.05) is 0 Å². The second-order valence-corrected chi connectivity index (χ2v) is 4.18. The molecule has 0 bridgehead atoms. The van der Waals surface area contributed by atoms with E-state index in [1.54, 1.807) is 17.8 Å². The molecular weight excluding hydrogens is 244 g/mol. The quantitative estimate of drug-likeness (QED) is 0.762. The molecule has 1 aromatic heterocycles. The van der Waals surface area contributed by atoms with Gasteiger partial charge in [-0.25, -0.2) is 4.98 Å². The van der Waals surface area contributed by atoms with E-state index < -0.39 is 0 Å². The van der Waals surface area contributed by atoms with Gasteiger partial charge in [0.1, 0.15) is 4.47 Å². The second-order valence-electron chi connectivity index (χ2n) is 3.38. The molecule has 0 N–H and O–H groups in total. The number of aromatic nitrogens is 2. The molecule has 0 unspecified atom stereocenters. The molecule has 1 aromatic rings. The Balaban J connectivity index is 3.07. The van der Waals surface area contributed by atoms with Crippen molar-refractivity contribution >= 4 is 15.9 Å².